The third-order valence-corrected chi connectivity index (χ3v) is 2.37. The monoisotopic (exact) mass is 292 g/mol. The summed E-state index contributed by atoms with van der Waals surface area (Å²) in [7, 11) is 0. The van der Waals surface area contributed by atoms with E-state index in [1.807, 2.05) is 0 Å². The summed E-state index contributed by atoms with van der Waals surface area (Å²) in [5.74, 6) is -0.599. The summed E-state index contributed by atoms with van der Waals surface area (Å²) < 4.78 is 20.7. The van der Waals surface area contributed by atoms with Crippen LogP contribution in [0.1, 0.15) is 13.8 Å². The number of rotatable bonds is 13. The number of ether oxygens (including phenoxy) is 4. The van der Waals surface area contributed by atoms with Crippen LogP contribution in [0.25, 0.3) is 0 Å². The molecule has 118 valence electrons. The fraction of sp³-hybridized carbons (Fsp3) is 0.769. The molecule has 0 spiro atoms. The Bertz CT molecular complexity index is 288. The van der Waals surface area contributed by atoms with E-state index in [2.05, 4.69) is 0 Å². The molecule has 0 aromatic carbocycles. The highest BCUT2D eigenvalue weighted by Crippen LogP contribution is 2.04. The molecule has 0 fully saturated rings. The SMILES string of the molecule is CC(OCCOCCOCCOCCO)=C(C)C(=O)O. The van der Waals surface area contributed by atoms with Crippen LogP contribution in [0.2, 0.25) is 0 Å². The van der Waals surface area contributed by atoms with E-state index in [9.17, 15) is 4.79 Å². The molecule has 0 unspecified atom stereocenters. The lowest BCUT2D eigenvalue weighted by Crippen LogP contribution is -2.12. The van der Waals surface area contributed by atoms with Crippen molar-refractivity contribution in [3.05, 3.63) is 11.3 Å². The quantitative estimate of drug-likeness (QED) is 0.289. The zero-order chi connectivity index (χ0) is 15.2. The van der Waals surface area contributed by atoms with Crippen molar-refractivity contribution < 1.29 is 34.0 Å². The molecule has 0 heterocycles. The summed E-state index contributed by atoms with van der Waals surface area (Å²) in [6, 6.07) is 0. The molecule has 0 saturated heterocycles. The van der Waals surface area contributed by atoms with Gasteiger partial charge in [0.15, 0.2) is 0 Å². The molecule has 20 heavy (non-hydrogen) atoms. The minimum atomic E-state index is -0.986. The third kappa shape index (κ3) is 10.7. The van der Waals surface area contributed by atoms with Gasteiger partial charge in [0.05, 0.1) is 51.8 Å². The summed E-state index contributed by atoms with van der Waals surface area (Å²) in [5.41, 5.74) is 0.191. The lowest BCUT2D eigenvalue weighted by Gasteiger charge is -2.09. The number of carboxylic acids is 1. The first kappa shape index (κ1) is 18.9. The van der Waals surface area contributed by atoms with E-state index in [4.69, 9.17) is 29.2 Å². The molecule has 0 aromatic rings. The fourth-order valence-corrected chi connectivity index (χ4v) is 1.12. The normalized spacial score (nSPS) is 12.2. The van der Waals surface area contributed by atoms with E-state index in [1.54, 1.807) is 6.92 Å². The van der Waals surface area contributed by atoms with E-state index in [1.165, 1.54) is 6.92 Å². The molecule has 0 radical (unpaired) electrons. The van der Waals surface area contributed by atoms with Gasteiger partial charge in [0.25, 0.3) is 0 Å². The number of aliphatic hydroxyl groups excluding tert-OH is 1. The van der Waals surface area contributed by atoms with Gasteiger partial charge in [-0.3, -0.25) is 0 Å². The van der Waals surface area contributed by atoms with Crippen molar-refractivity contribution in [2.75, 3.05) is 52.9 Å². The van der Waals surface area contributed by atoms with Gasteiger partial charge in [-0.2, -0.15) is 0 Å². The van der Waals surface area contributed by atoms with Gasteiger partial charge in [-0.1, -0.05) is 0 Å². The minimum Gasteiger partial charge on any atom is -0.495 e. The molecule has 0 aliphatic carbocycles. The highest BCUT2D eigenvalue weighted by atomic mass is 16.6. The zero-order valence-electron chi connectivity index (χ0n) is 12.1. The number of aliphatic carboxylic acids is 1. The summed E-state index contributed by atoms with van der Waals surface area (Å²) in [6.07, 6.45) is 0. The van der Waals surface area contributed by atoms with Crippen molar-refractivity contribution in [1.82, 2.24) is 0 Å². The lowest BCUT2D eigenvalue weighted by atomic mass is 10.3. The highest BCUT2D eigenvalue weighted by Gasteiger charge is 2.05. The van der Waals surface area contributed by atoms with Gasteiger partial charge in [-0.05, 0) is 13.8 Å². The van der Waals surface area contributed by atoms with Crippen molar-refractivity contribution in [3.63, 3.8) is 0 Å². The van der Waals surface area contributed by atoms with Crippen molar-refractivity contribution in [2.45, 2.75) is 13.8 Å². The number of carboxylic acid groups (broad SMARTS) is 1. The number of carbonyl (C=O) groups is 1. The molecule has 0 aliphatic rings. The number of hydrogen-bond acceptors (Lipinski definition) is 6. The molecule has 0 amide bonds. The maximum absolute atomic E-state index is 10.6. The highest BCUT2D eigenvalue weighted by molar-refractivity contribution is 5.86. The molecule has 7 heteroatoms. The lowest BCUT2D eigenvalue weighted by molar-refractivity contribution is -0.132. The molecule has 0 aromatic heterocycles. The van der Waals surface area contributed by atoms with Crippen LogP contribution in [0.15, 0.2) is 11.3 Å². The first-order valence-electron chi connectivity index (χ1n) is 6.47. The van der Waals surface area contributed by atoms with Crippen LogP contribution in [0, 0.1) is 0 Å². The Labute approximate surface area is 119 Å². The summed E-state index contributed by atoms with van der Waals surface area (Å²) in [5, 5.41) is 17.2. The average molecular weight is 292 g/mol. The van der Waals surface area contributed by atoms with Gasteiger partial charge >= 0.3 is 5.97 Å². The maximum Gasteiger partial charge on any atom is 0.334 e. The predicted octanol–water partition coefficient (Wildman–Crippen LogP) is 0.424. The van der Waals surface area contributed by atoms with E-state index >= 15 is 0 Å². The second-order valence-electron chi connectivity index (χ2n) is 3.90. The van der Waals surface area contributed by atoms with E-state index in [0.29, 0.717) is 52.0 Å². The van der Waals surface area contributed by atoms with E-state index in [-0.39, 0.29) is 12.2 Å². The Hall–Kier alpha value is -1.15. The molecule has 2 N–H and O–H groups in total. The molecule has 0 rings (SSSR count). The topological polar surface area (TPSA) is 94.5 Å². The van der Waals surface area contributed by atoms with Gasteiger partial charge in [0.1, 0.15) is 12.4 Å². The molecular weight excluding hydrogens is 268 g/mol. The Morgan fingerprint density at radius 2 is 1.30 bits per heavy atom. The third-order valence-electron chi connectivity index (χ3n) is 2.37. The summed E-state index contributed by atoms with van der Waals surface area (Å²) >= 11 is 0. The van der Waals surface area contributed by atoms with Gasteiger partial charge in [-0.15, -0.1) is 0 Å². The molecule has 7 nitrogen and oxygen atoms in total. The Kier molecular flexibility index (Phi) is 12.1. The second-order valence-corrected chi connectivity index (χ2v) is 3.90. The van der Waals surface area contributed by atoms with Gasteiger partial charge in [0, 0.05) is 0 Å². The van der Waals surface area contributed by atoms with Crippen molar-refractivity contribution in [2.24, 2.45) is 0 Å². The molecule has 0 bridgehead atoms. The zero-order valence-corrected chi connectivity index (χ0v) is 12.1. The van der Waals surface area contributed by atoms with Gasteiger partial charge in [0.2, 0.25) is 0 Å². The second kappa shape index (κ2) is 12.9. The van der Waals surface area contributed by atoms with Crippen molar-refractivity contribution in [3.8, 4) is 0 Å². The largest absolute Gasteiger partial charge is 0.495 e. The fourth-order valence-electron chi connectivity index (χ4n) is 1.12. The van der Waals surface area contributed by atoms with Crippen LogP contribution in [-0.4, -0.2) is 69.0 Å². The Morgan fingerprint density at radius 3 is 1.75 bits per heavy atom. The van der Waals surface area contributed by atoms with Crippen LogP contribution in [0.4, 0.5) is 0 Å². The van der Waals surface area contributed by atoms with Crippen LogP contribution < -0.4 is 0 Å². The average Bonchev–Trinajstić information content (AvgIpc) is 2.43. The molecule has 0 aliphatic heterocycles. The van der Waals surface area contributed by atoms with Crippen LogP contribution in [0.3, 0.4) is 0 Å². The number of allylic oxidation sites excluding steroid dienone is 1. The van der Waals surface area contributed by atoms with E-state index < -0.39 is 5.97 Å². The Morgan fingerprint density at radius 1 is 0.850 bits per heavy atom. The van der Waals surface area contributed by atoms with E-state index in [0.717, 1.165) is 0 Å². The van der Waals surface area contributed by atoms with Gasteiger partial charge < -0.3 is 29.2 Å². The number of hydrogen-bond donors (Lipinski definition) is 2. The summed E-state index contributed by atoms with van der Waals surface area (Å²) in [6.45, 7) is 5.89. The molecular formula is C13H24O7. The predicted molar refractivity (Wildman–Crippen MR) is 71.5 cm³/mol. The van der Waals surface area contributed by atoms with Crippen LogP contribution in [0.5, 0.6) is 0 Å². The Balaban J connectivity index is 3.33. The first-order valence-corrected chi connectivity index (χ1v) is 6.47. The minimum absolute atomic E-state index is 0.0122. The van der Waals surface area contributed by atoms with Gasteiger partial charge in [-0.25, -0.2) is 4.79 Å². The smallest absolute Gasteiger partial charge is 0.334 e. The van der Waals surface area contributed by atoms with Crippen LogP contribution >= 0.6 is 0 Å². The molecule has 0 saturated carbocycles. The molecule has 0 atom stereocenters. The van der Waals surface area contributed by atoms with Crippen molar-refractivity contribution >= 4 is 5.97 Å². The first-order chi connectivity index (χ1) is 9.59. The maximum atomic E-state index is 10.6. The van der Waals surface area contributed by atoms with Crippen LogP contribution in [-0.2, 0) is 23.7 Å². The number of aliphatic hydroxyl groups is 1. The standard InChI is InChI=1S/C13H24O7/c1-11(13(15)16)12(2)20-10-9-19-8-7-18-6-5-17-4-3-14/h14H,3-10H2,1-2H3,(H,15,16). The summed E-state index contributed by atoms with van der Waals surface area (Å²) in [4.78, 5) is 10.6. The van der Waals surface area contributed by atoms with Crippen molar-refractivity contribution in [1.29, 1.82) is 0 Å².